The van der Waals surface area contributed by atoms with Gasteiger partial charge < -0.3 is 0 Å². The largest absolute Gasteiger partial charge is 0.286 e. The molecule has 0 aliphatic heterocycles. The highest BCUT2D eigenvalue weighted by molar-refractivity contribution is 6.12. The van der Waals surface area contributed by atoms with Crippen molar-refractivity contribution in [2.45, 2.75) is 40.0 Å². The number of rotatable bonds is 12. The second kappa shape index (κ2) is 19.5. The maximum absolute atomic E-state index is 4.98. The summed E-state index contributed by atoms with van der Waals surface area (Å²) < 4.78 is 0. The lowest BCUT2D eigenvalue weighted by Gasteiger charge is -2.27. The SMILES string of the molecule is C=C/C=C\C=C(/C)c1cc(-c2ccc(C(C)(C)c3ccc(C(/C=C/c4ccccn4)=C/C(=NC)c4ccccn4)cc3)cc2)cc(-c2ccccn2)n1.CC. The third-order valence-electron chi connectivity index (χ3n) is 9.21. The van der Waals surface area contributed by atoms with E-state index >= 15 is 0 Å². The zero-order valence-electron chi connectivity index (χ0n) is 32.7. The zero-order chi connectivity index (χ0) is 39.0. The predicted octanol–water partition coefficient (Wildman–Crippen LogP) is 12.3. The Morgan fingerprint density at radius 3 is 1.93 bits per heavy atom. The number of allylic oxidation sites excluding steroid dienone is 8. The Bertz CT molecular complexity index is 2300. The van der Waals surface area contributed by atoms with Crippen molar-refractivity contribution in [1.82, 2.24) is 19.9 Å². The van der Waals surface area contributed by atoms with Gasteiger partial charge in [0.2, 0.25) is 0 Å². The topological polar surface area (TPSA) is 63.9 Å². The van der Waals surface area contributed by atoms with Crippen LogP contribution in [0.5, 0.6) is 0 Å². The molecule has 5 nitrogen and oxygen atoms in total. The van der Waals surface area contributed by atoms with Crippen LogP contribution in [0.15, 0.2) is 182 Å². The molecule has 274 valence electrons. The molecule has 6 rings (SSSR count). The van der Waals surface area contributed by atoms with Crippen molar-refractivity contribution in [3.8, 4) is 22.5 Å². The van der Waals surface area contributed by atoms with Crippen LogP contribution in [-0.4, -0.2) is 32.7 Å². The third kappa shape index (κ3) is 10.3. The van der Waals surface area contributed by atoms with Gasteiger partial charge in [-0.1, -0.05) is 131 Å². The Labute approximate surface area is 327 Å². The van der Waals surface area contributed by atoms with Crippen molar-refractivity contribution >= 4 is 22.9 Å². The van der Waals surface area contributed by atoms with Crippen LogP contribution < -0.4 is 0 Å². The molecule has 0 N–H and O–H groups in total. The van der Waals surface area contributed by atoms with Crippen LogP contribution in [0.25, 0.3) is 39.7 Å². The summed E-state index contributed by atoms with van der Waals surface area (Å²) in [5.41, 5.74) is 12.6. The summed E-state index contributed by atoms with van der Waals surface area (Å²) in [6, 6.07) is 39.6. The molecule has 0 saturated heterocycles. The molecule has 0 atom stereocenters. The van der Waals surface area contributed by atoms with E-state index in [1.54, 1.807) is 31.7 Å². The highest BCUT2D eigenvalue weighted by Crippen LogP contribution is 2.35. The molecule has 0 spiro atoms. The van der Waals surface area contributed by atoms with E-state index in [9.17, 15) is 0 Å². The standard InChI is InChI=1S/C48H43N5.C2H6/c1-6-7-8-15-35(2)45-33-39(34-47(53-45)44-18-11-14-31-52-44)37-21-26-41(27-22-37)48(3,4)40-24-19-36(20-25-40)38(23-28-42-16-9-12-29-50-42)32-46(49-5)43-17-10-13-30-51-43;1-2/h6-34H,1H2,2-5H3;1-2H3/b8-7-,28-23+,35-15+,38-32+,49-46?;. The van der Waals surface area contributed by atoms with E-state index in [-0.39, 0.29) is 5.41 Å². The smallest absolute Gasteiger partial charge is 0.0899 e. The summed E-state index contributed by atoms with van der Waals surface area (Å²) in [6.45, 7) is 14.4. The minimum atomic E-state index is -0.242. The van der Waals surface area contributed by atoms with Gasteiger partial charge in [-0.05, 0) is 107 Å². The van der Waals surface area contributed by atoms with Crippen LogP contribution in [0.3, 0.4) is 0 Å². The molecule has 0 unspecified atom stereocenters. The van der Waals surface area contributed by atoms with Crippen molar-refractivity contribution < 1.29 is 0 Å². The van der Waals surface area contributed by atoms with Crippen molar-refractivity contribution in [2.24, 2.45) is 4.99 Å². The summed E-state index contributed by atoms with van der Waals surface area (Å²) in [5, 5.41) is 0. The molecule has 0 radical (unpaired) electrons. The molecule has 4 heterocycles. The molecule has 0 bridgehead atoms. The van der Waals surface area contributed by atoms with Crippen molar-refractivity contribution in [1.29, 1.82) is 0 Å². The van der Waals surface area contributed by atoms with Gasteiger partial charge in [0.15, 0.2) is 0 Å². The highest BCUT2D eigenvalue weighted by Gasteiger charge is 2.23. The molecular weight excluding hydrogens is 671 g/mol. The zero-order valence-corrected chi connectivity index (χ0v) is 32.7. The van der Waals surface area contributed by atoms with Crippen LogP contribution in [-0.2, 0) is 5.41 Å². The fourth-order valence-corrected chi connectivity index (χ4v) is 6.03. The molecule has 2 aromatic carbocycles. The van der Waals surface area contributed by atoms with E-state index < -0.39 is 0 Å². The first-order valence-electron chi connectivity index (χ1n) is 18.7. The van der Waals surface area contributed by atoms with Crippen LogP contribution in [0.1, 0.15) is 68.4 Å². The maximum Gasteiger partial charge on any atom is 0.0899 e. The van der Waals surface area contributed by atoms with E-state index in [4.69, 9.17) is 4.98 Å². The van der Waals surface area contributed by atoms with Crippen molar-refractivity contribution in [3.05, 3.63) is 211 Å². The fourth-order valence-electron chi connectivity index (χ4n) is 6.03. The first-order chi connectivity index (χ1) is 26.9. The van der Waals surface area contributed by atoms with Crippen LogP contribution in [0, 0.1) is 0 Å². The lowest BCUT2D eigenvalue weighted by molar-refractivity contribution is 0.641. The molecule has 0 fully saturated rings. The average Bonchev–Trinajstić information content (AvgIpc) is 3.25. The van der Waals surface area contributed by atoms with Crippen LogP contribution >= 0.6 is 0 Å². The summed E-state index contributed by atoms with van der Waals surface area (Å²) in [5.74, 6) is 0. The lowest BCUT2D eigenvalue weighted by atomic mass is 9.77. The van der Waals surface area contributed by atoms with E-state index in [0.29, 0.717) is 0 Å². The number of nitrogens with zero attached hydrogens (tertiary/aromatic N) is 5. The average molecular weight is 720 g/mol. The second-order valence-electron chi connectivity index (χ2n) is 13.1. The minimum absolute atomic E-state index is 0.242. The quantitative estimate of drug-likeness (QED) is 0.0933. The molecular formula is C50H49N5. The Kier molecular flexibility index (Phi) is 14.0. The summed E-state index contributed by atoms with van der Waals surface area (Å²) in [6.07, 6.45) is 19.3. The van der Waals surface area contributed by atoms with E-state index in [1.807, 2.05) is 86.7 Å². The normalized spacial score (nSPS) is 12.4. The predicted molar refractivity (Wildman–Crippen MR) is 234 cm³/mol. The summed E-state index contributed by atoms with van der Waals surface area (Å²) in [4.78, 5) is 23.1. The van der Waals surface area contributed by atoms with E-state index in [0.717, 1.165) is 62.0 Å². The van der Waals surface area contributed by atoms with Gasteiger partial charge in [0.05, 0.1) is 34.2 Å². The van der Waals surface area contributed by atoms with Gasteiger partial charge >= 0.3 is 0 Å². The Morgan fingerprint density at radius 1 is 0.673 bits per heavy atom. The van der Waals surface area contributed by atoms with Gasteiger partial charge in [0, 0.05) is 31.1 Å². The van der Waals surface area contributed by atoms with Crippen LogP contribution in [0.2, 0.25) is 0 Å². The third-order valence-corrected chi connectivity index (χ3v) is 9.21. The first kappa shape index (κ1) is 39.6. The molecule has 0 saturated carbocycles. The number of benzene rings is 2. The molecule has 0 aliphatic rings. The van der Waals surface area contributed by atoms with Gasteiger partial charge in [0.25, 0.3) is 0 Å². The second-order valence-corrected chi connectivity index (χ2v) is 13.1. The number of aliphatic imine (C=N–C) groups is 1. The van der Waals surface area contributed by atoms with Gasteiger partial charge in [-0.3, -0.25) is 19.9 Å². The van der Waals surface area contributed by atoms with Crippen molar-refractivity contribution in [3.63, 3.8) is 0 Å². The number of hydrogen-bond donors (Lipinski definition) is 0. The van der Waals surface area contributed by atoms with Gasteiger partial charge in [-0.15, -0.1) is 0 Å². The Balaban J connectivity index is 0.00000285. The Hall–Kier alpha value is -6.59. The molecule has 55 heavy (non-hydrogen) atoms. The molecule has 5 heteroatoms. The summed E-state index contributed by atoms with van der Waals surface area (Å²) >= 11 is 0. The van der Waals surface area contributed by atoms with Gasteiger partial charge in [-0.2, -0.15) is 0 Å². The van der Waals surface area contributed by atoms with Crippen LogP contribution in [0.4, 0.5) is 0 Å². The number of hydrogen-bond acceptors (Lipinski definition) is 5. The summed E-state index contributed by atoms with van der Waals surface area (Å²) in [7, 11) is 1.80. The van der Waals surface area contributed by atoms with E-state index in [2.05, 4.69) is 126 Å². The highest BCUT2D eigenvalue weighted by atomic mass is 14.8. The monoisotopic (exact) mass is 719 g/mol. The first-order valence-corrected chi connectivity index (χ1v) is 18.7. The number of pyridine rings is 4. The molecule has 6 aromatic rings. The molecule has 4 aromatic heterocycles. The van der Waals surface area contributed by atoms with E-state index in [1.165, 1.54) is 11.1 Å². The van der Waals surface area contributed by atoms with Gasteiger partial charge in [0.1, 0.15) is 0 Å². The minimum Gasteiger partial charge on any atom is -0.286 e. The van der Waals surface area contributed by atoms with Gasteiger partial charge in [-0.25, -0.2) is 4.98 Å². The maximum atomic E-state index is 4.98. The molecule has 0 amide bonds. The van der Waals surface area contributed by atoms with Crippen molar-refractivity contribution in [2.75, 3.05) is 7.05 Å². The Morgan fingerprint density at radius 2 is 1.33 bits per heavy atom. The fraction of sp³-hybridized carbons (Fsp3) is 0.140. The molecule has 0 aliphatic carbocycles. The number of aromatic nitrogens is 4. The lowest BCUT2D eigenvalue weighted by Crippen LogP contribution is -2.18.